The Kier molecular flexibility index (Phi) is 4.62. The second-order valence-corrected chi connectivity index (χ2v) is 7.50. The average molecular weight is 347 g/mol. The van der Waals surface area contributed by atoms with E-state index in [9.17, 15) is 18.5 Å². The maximum atomic E-state index is 12.4. The molecule has 0 atom stereocenters. The Labute approximate surface area is 130 Å². The van der Waals surface area contributed by atoms with Crippen molar-refractivity contribution in [3.63, 3.8) is 0 Å². The van der Waals surface area contributed by atoms with Crippen LogP contribution in [0.5, 0.6) is 0 Å². The Balaban J connectivity index is 2.35. The number of rotatable bonds is 5. The van der Waals surface area contributed by atoms with E-state index in [1.54, 1.807) is 0 Å². The van der Waals surface area contributed by atoms with Gasteiger partial charge in [0.15, 0.2) is 0 Å². The fourth-order valence-electron chi connectivity index (χ4n) is 1.70. The van der Waals surface area contributed by atoms with Gasteiger partial charge >= 0.3 is 0 Å². The molecule has 0 spiro atoms. The number of thiophene rings is 1. The third-order valence-electron chi connectivity index (χ3n) is 2.81. The van der Waals surface area contributed by atoms with Crippen molar-refractivity contribution in [3.8, 4) is 0 Å². The molecular formula is C12H11ClN2O4S2. The first-order valence-electron chi connectivity index (χ1n) is 5.73. The summed E-state index contributed by atoms with van der Waals surface area (Å²) < 4.78 is 26.0. The topological polar surface area (TPSA) is 80.5 Å². The molecule has 112 valence electrons. The van der Waals surface area contributed by atoms with Crippen LogP contribution in [0.4, 0.5) is 5.69 Å². The van der Waals surface area contributed by atoms with Gasteiger partial charge in [-0.15, -0.1) is 0 Å². The van der Waals surface area contributed by atoms with Crippen LogP contribution < -0.4 is 0 Å². The fraction of sp³-hybridized carbons (Fsp3) is 0.167. The normalized spacial score (nSPS) is 11.8. The van der Waals surface area contributed by atoms with Crippen molar-refractivity contribution in [2.75, 3.05) is 7.05 Å². The number of benzene rings is 1. The molecule has 0 fully saturated rings. The minimum atomic E-state index is -3.81. The summed E-state index contributed by atoms with van der Waals surface area (Å²) in [5.41, 5.74) is 0.427. The van der Waals surface area contributed by atoms with E-state index in [2.05, 4.69) is 0 Å². The van der Waals surface area contributed by atoms with Crippen molar-refractivity contribution in [1.82, 2.24) is 4.31 Å². The van der Waals surface area contributed by atoms with Gasteiger partial charge in [0.1, 0.15) is 5.02 Å². The lowest BCUT2D eigenvalue weighted by Crippen LogP contribution is -2.26. The summed E-state index contributed by atoms with van der Waals surface area (Å²) in [6.45, 7) is 0.197. The Morgan fingerprint density at radius 2 is 2.10 bits per heavy atom. The molecule has 2 aromatic rings. The minimum Gasteiger partial charge on any atom is -0.258 e. The van der Waals surface area contributed by atoms with Crippen LogP contribution in [0.15, 0.2) is 39.9 Å². The lowest BCUT2D eigenvalue weighted by Gasteiger charge is -2.16. The van der Waals surface area contributed by atoms with Crippen LogP contribution >= 0.6 is 22.9 Å². The van der Waals surface area contributed by atoms with Gasteiger partial charge in [-0.05, 0) is 34.5 Å². The molecule has 0 bridgehead atoms. The van der Waals surface area contributed by atoms with Gasteiger partial charge in [-0.2, -0.15) is 15.6 Å². The SMILES string of the molecule is CN(Cc1ccsc1)S(=O)(=O)c1ccc(Cl)c([N+](=O)[O-])c1. The molecule has 1 heterocycles. The molecule has 0 N–H and O–H groups in total. The molecule has 0 radical (unpaired) electrons. The highest BCUT2D eigenvalue weighted by molar-refractivity contribution is 7.89. The number of nitrogens with zero attached hydrogens (tertiary/aromatic N) is 2. The van der Waals surface area contributed by atoms with E-state index < -0.39 is 20.6 Å². The van der Waals surface area contributed by atoms with E-state index in [4.69, 9.17) is 11.6 Å². The van der Waals surface area contributed by atoms with Crippen LogP contribution in [0.1, 0.15) is 5.56 Å². The first kappa shape index (κ1) is 15.9. The van der Waals surface area contributed by atoms with Gasteiger partial charge in [0.2, 0.25) is 10.0 Å². The number of nitro benzene ring substituents is 1. The molecule has 21 heavy (non-hydrogen) atoms. The highest BCUT2D eigenvalue weighted by Crippen LogP contribution is 2.28. The van der Waals surface area contributed by atoms with E-state index in [1.165, 1.54) is 30.5 Å². The molecule has 2 rings (SSSR count). The average Bonchev–Trinajstić information content (AvgIpc) is 2.91. The Hall–Kier alpha value is -1.48. The molecule has 0 saturated carbocycles. The predicted molar refractivity (Wildman–Crippen MR) is 81.1 cm³/mol. The fourth-order valence-corrected chi connectivity index (χ4v) is 3.72. The smallest absolute Gasteiger partial charge is 0.258 e. The monoisotopic (exact) mass is 346 g/mol. The summed E-state index contributed by atoms with van der Waals surface area (Å²) in [5.74, 6) is 0. The van der Waals surface area contributed by atoms with Gasteiger partial charge in [0.25, 0.3) is 5.69 Å². The van der Waals surface area contributed by atoms with E-state index in [0.717, 1.165) is 15.9 Å². The van der Waals surface area contributed by atoms with Gasteiger partial charge in [0.05, 0.1) is 9.82 Å². The summed E-state index contributed by atoms with van der Waals surface area (Å²) in [6.07, 6.45) is 0. The number of nitro groups is 1. The minimum absolute atomic E-state index is 0.0977. The number of hydrogen-bond acceptors (Lipinski definition) is 5. The standard InChI is InChI=1S/C12H11ClN2O4S2/c1-14(7-9-4-5-20-8-9)21(18,19)10-2-3-11(13)12(6-10)15(16)17/h2-6,8H,7H2,1H3. The zero-order valence-corrected chi connectivity index (χ0v) is 13.3. The van der Waals surface area contributed by atoms with Crippen molar-refractivity contribution < 1.29 is 13.3 Å². The Bertz CT molecular complexity index is 760. The highest BCUT2D eigenvalue weighted by Gasteiger charge is 2.24. The first-order valence-corrected chi connectivity index (χ1v) is 8.50. The van der Waals surface area contributed by atoms with Crippen LogP contribution in [0.25, 0.3) is 0 Å². The third kappa shape index (κ3) is 3.41. The van der Waals surface area contributed by atoms with Gasteiger partial charge in [-0.3, -0.25) is 10.1 Å². The van der Waals surface area contributed by atoms with Crippen LogP contribution in [0.2, 0.25) is 5.02 Å². The van der Waals surface area contributed by atoms with E-state index in [1.807, 2.05) is 16.8 Å². The molecular weight excluding hydrogens is 336 g/mol. The van der Waals surface area contributed by atoms with Crippen molar-refractivity contribution in [1.29, 1.82) is 0 Å². The third-order valence-corrected chi connectivity index (χ3v) is 5.66. The van der Waals surface area contributed by atoms with Gasteiger partial charge < -0.3 is 0 Å². The summed E-state index contributed by atoms with van der Waals surface area (Å²) in [4.78, 5) is 9.98. The maximum Gasteiger partial charge on any atom is 0.289 e. The van der Waals surface area contributed by atoms with Crippen LogP contribution in [-0.2, 0) is 16.6 Å². The second-order valence-electron chi connectivity index (χ2n) is 4.26. The molecule has 0 aliphatic carbocycles. The van der Waals surface area contributed by atoms with Crippen molar-refractivity contribution in [2.24, 2.45) is 0 Å². The summed E-state index contributed by atoms with van der Waals surface area (Å²) >= 11 is 7.16. The van der Waals surface area contributed by atoms with Gasteiger partial charge in [0, 0.05) is 19.7 Å². The number of hydrogen-bond donors (Lipinski definition) is 0. The van der Waals surface area contributed by atoms with Crippen LogP contribution in [-0.4, -0.2) is 24.7 Å². The lowest BCUT2D eigenvalue weighted by atomic mass is 10.3. The number of halogens is 1. The van der Waals surface area contributed by atoms with Gasteiger partial charge in [-0.25, -0.2) is 8.42 Å². The molecule has 6 nitrogen and oxygen atoms in total. The second kappa shape index (κ2) is 6.10. The zero-order valence-electron chi connectivity index (χ0n) is 10.9. The molecule has 9 heteroatoms. The quantitative estimate of drug-likeness (QED) is 0.615. The van der Waals surface area contributed by atoms with Crippen molar-refractivity contribution in [2.45, 2.75) is 11.4 Å². The van der Waals surface area contributed by atoms with Crippen molar-refractivity contribution in [3.05, 3.63) is 55.7 Å². The molecule has 0 unspecified atom stereocenters. The number of sulfonamides is 1. The molecule has 0 aliphatic heterocycles. The zero-order chi connectivity index (χ0) is 15.6. The lowest BCUT2D eigenvalue weighted by molar-refractivity contribution is -0.384. The Morgan fingerprint density at radius 3 is 2.67 bits per heavy atom. The molecule has 1 aromatic carbocycles. The highest BCUT2D eigenvalue weighted by atomic mass is 35.5. The largest absolute Gasteiger partial charge is 0.289 e. The molecule has 0 aliphatic rings. The summed E-state index contributed by atoms with van der Waals surface area (Å²) in [6, 6.07) is 5.27. The maximum absolute atomic E-state index is 12.4. The van der Waals surface area contributed by atoms with Crippen LogP contribution in [0, 0.1) is 10.1 Å². The Morgan fingerprint density at radius 1 is 1.38 bits per heavy atom. The van der Waals surface area contributed by atoms with E-state index >= 15 is 0 Å². The van der Waals surface area contributed by atoms with E-state index in [-0.39, 0.29) is 16.5 Å². The molecule has 0 amide bonds. The van der Waals surface area contributed by atoms with Gasteiger partial charge in [-0.1, -0.05) is 11.6 Å². The molecule has 0 saturated heterocycles. The van der Waals surface area contributed by atoms with Crippen LogP contribution in [0.3, 0.4) is 0 Å². The van der Waals surface area contributed by atoms with Crippen molar-refractivity contribution >= 4 is 38.6 Å². The molecule has 1 aromatic heterocycles. The predicted octanol–water partition coefficient (Wildman–Crippen LogP) is 3.13. The summed E-state index contributed by atoms with van der Waals surface area (Å²) in [7, 11) is -2.39. The van der Waals surface area contributed by atoms with E-state index in [0.29, 0.717) is 0 Å². The first-order chi connectivity index (χ1) is 9.82. The summed E-state index contributed by atoms with van der Waals surface area (Å²) in [5, 5.41) is 14.4.